The van der Waals surface area contributed by atoms with E-state index in [1.54, 1.807) is 12.4 Å². The number of fused-ring (bicyclic) bond motifs is 1. The predicted octanol–water partition coefficient (Wildman–Crippen LogP) is 2.43. The number of aromatic nitrogens is 2. The average Bonchev–Trinajstić information content (AvgIpc) is 3.28. The molecule has 5 rings (SSSR count). The van der Waals surface area contributed by atoms with Gasteiger partial charge in [0.15, 0.2) is 10.8 Å². The van der Waals surface area contributed by atoms with E-state index >= 15 is 0 Å². The second-order valence-corrected chi connectivity index (χ2v) is 14.1. The minimum Gasteiger partial charge on any atom is -0.477 e. The molecule has 0 saturated carbocycles. The topological polar surface area (TPSA) is 183 Å². The number of anilines is 1. The van der Waals surface area contributed by atoms with Gasteiger partial charge >= 0.3 is 5.97 Å². The number of carboxylic acid groups (broad SMARTS) is 1. The zero-order valence-electron chi connectivity index (χ0n) is 20.7. The second kappa shape index (κ2) is 12.6. The number of oxime groups is 1. The molecule has 0 radical (unpaired) electrons. The van der Waals surface area contributed by atoms with Crippen LogP contribution in [0.5, 0.6) is 0 Å². The van der Waals surface area contributed by atoms with Gasteiger partial charge in [0.1, 0.15) is 27.1 Å². The van der Waals surface area contributed by atoms with Crippen LogP contribution in [-0.2, 0) is 20.1 Å². The summed E-state index contributed by atoms with van der Waals surface area (Å²) in [6.07, 6.45) is 5.68. The molecule has 0 spiro atoms. The van der Waals surface area contributed by atoms with E-state index in [1.165, 1.54) is 28.4 Å². The summed E-state index contributed by atoms with van der Waals surface area (Å²) in [5, 5.41) is 28.3. The molecule has 0 aliphatic carbocycles. The molecule has 212 valence electrons. The van der Waals surface area contributed by atoms with Crippen molar-refractivity contribution in [3.63, 3.8) is 0 Å². The summed E-state index contributed by atoms with van der Waals surface area (Å²) in [5.74, 6) is -1.62. The summed E-state index contributed by atoms with van der Waals surface area (Å²) >= 11 is 11.5. The number of carboxylic acids is 1. The number of nitrogens with zero attached hydrogens (tertiary/aromatic N) is 4. The number of hydrogen-bond acceptors (Lipinski definition) is 13. The lowest BCUT2D eigenvalue weighted by atomic mass is 10.0. The number of carbonyl (C=O) groups excluding carboxylic acids is 2. The molecular formula is C23H24ClN7O5S4. The van der Waals surface area contributed by atoms with Crippen LogP contribution in [0.25, 0.3) is 0 Å². The van der Waals surface area contributed by atoms with Gasteiger partial charge in [-0.3, -0.25) is 19.5 Å². The van der Waals surface area contributed by atoms with Crippen molar-refractivity contribution in [2.24, 2.45) is 5.16 Å². The third kappa shape index (κ3) is 5.92. The number of pyridine rings is 1. The van der Waals surface area contributed by atoms with Crippen LogP contribution in [0.1, 0.15) is 24.1 Å². The van der Waals surface area contributed by atoms with E-state index in [1.807, 2.05) is 17.8 Å². The quantitative estimate of drug-likeness (QED) is 0.117. The summed E-state index contributed by atoms with van der Waals surface area (Å²) in [6, 6.07) is 0.835. The van der Waals surface area contributed by atoms with E-state index in [0.29, 0.717) is 15.9 Å². The van der Waals surface area contributed by atoms with Crippen LogP contribution in [-0.4, -0.2) is 84.2 Å². The Bertz CT molecular complexity index is 1400. The molecule has 5 heterocycles. The molecule has 2 fully saturated rings. The number of amides is 2. The van der Waals surface area contributed by atoms with E-state index < -0.39 is 34.9 Å². The number of thioether (sulfide) groups is 3. The van der Waals surface area contributed by atoms with Crippen molar-refractivity contribution in [1.29, 1.82) is 0 Å². The minimum atomic E-state index is -1.23. The summed E-state index contributed by atoms with van der Waals surface area (Å²) < 4.78 is 0.0523. The third-order valence-corrected chi connectivity index (χ3v) is 11.6. The monoisotopic (exact) mass is 641 g/mol. The number of nitrogen functional groups attached to an aromatic ring is 1. The molecule has 40 heavy (non-hydrogen) atoms. The maximum Gasteiger partial charge on any atom is 0.353 e. The zero-order chi connectivity index (χ0) is 28.4. The van der Waals surface area contributed by atoms with Crippen LogP contribution in [0.4, 0.5) is 5.13 Å². The molecule has 0 bridgehead atoms. The van der Waals surface area contributed by atoms with Crippen molar-refractivity contribution in [2.45, 2.75) is 40.2 Å². The maximum absolute atomic E-state index is 13.1. The Labute approximate surface area is 250 Å². The Morgan fingerprint density at radius 2 is 2.12 bits per heavy atom. The van der Waals surface area contributed by atoms with E-state index in [9.17, 15) is 24.7 Å². The molecule has 3 aliphatic rings. The highest BCUT2D eigenvalue weighted by molar-refractivity contribution is 8.06. The van der Waals surface area contributed by atoms with Crippen molar-refractivity contribution in [2.75, 3.05) is 24.6 Å². The average molecular weight is 642 g/mol. The van der Waals surface area contributed by atoms with Gasteiger partial charge in [0.2, 0.25) is 0 Å². The van der Waals surface area contributed by atoms with Crippen LogP contribution in [0.3, 0.4) is 0 Å². The molecular weight excluding hydrogens is 618 g/mol. The van der Waals surface area contributed by atoms with Gasteiger partial charge in [0, 0.05) is 38.9 Å². The third-order valence-electron chi connectivity index (χ3n) is 6.42. The molecule has 2 aromatic heterocycles. The summed E-state index contributed by atoms with van der Waals surface area (Å²) in [5.41, 5.74) is 5.91. The first-order chi connectivity index (χ1) is 19.3. The summed E-state index contributed by atoms with van der Waals surface area (Å²) in [6.45, 7) is 2.01. The fourth-order valence-corrected chi connectivity index (χ4v) is 9.27. The van der Waals surface area contributed by atoms with Crippen LogP contribution < -0.4 is 16.4 Å². The van der Waals surface area contributed by atoms with Crippen LogP contribution >= 0.6 is 58.2 Å². The van der Waals surface area contributed by atoms with Gasteiger partial charge in [-0.25, -0.2) is 9.78 Å². The minimum absolute atomic E-state index is 0.0523. The highest BCUT2D eigenvalue weighted by Gasteiger charge is 2.54. The number of halogens is 1. The molecule has 2 aromatic rings. The van der Waals surface area contributed by atoms with Crippen molar-refractivity contribution < 1.29 is 24.7 Å². The van der Waals surface area contributed by atoms with Crippen LogP contribution in [0.15, 0.2) is 39.1 Å². The molecule has 2 amide bonds. The van der Waals surface area contributed by atoms with Crippen LogP contribution in [0, 0.1) is 0 Å². The van der Waals surface area contributed by atoms with E-state index in [-0.39, 0.29) is 20.9 Å². The molecule has 17 heteroatoms. The number of hydrogen-bond donors (Lipinski definition) is 5. The van der Waals surface area contributed by atoms with Gasteiger partial charge in [0.25, 0.3) is 11.8 Å². The van der Waals surface area contributed by atoms with Gasteiger partial charge in [0.05, 0.1) is 0 Å². The molecule has 3 aliphatic heterocycles. The molecule has 12 nitrogen and oxygen atoms in total. The Morgan fingerprint density at radius 1 is 1.35 bits per heavy atom. The zero-order valence-corrected chi connectivity index (χ0v) is 24.7. The standard InChI is InChI=1S/C23H24ClN7O5S4/c24-18-14(29-23(25)40-18)15(30-36)19(32)28-16-20(33)31-17(22(34)35)13(9-38-21(16)31)39-12-3-6-27-7-10(12)8-37-11-1-4-26-5-2-11/h3,6-7,11,16,21,26,36H,1-2,4-5,8-9H2,(H2,25,29)(H,28,32)(H,34,35)/b30-15-/t16-,21+/m1/s1. The van der Waals surface area contributed by atoms with Gasteiger partial charge in [-0.15, -0.1) is 11.8 Å². The number of nitrogens with two attached hydrogens (primary N) is 1. The van der Waals surface area contributed by atoms with E-state index in [2.05, 4.69) is 25.8 Å². The van der Waals surface area contributed by atoms with Crippen molar-refractivity contribution in [3.8, 4) is 0 Å². The van der Waals surface area contributed by atoms with Gasteiger partial charge < -0.3 is 26.7 Å². The SMILES string of the molecule is Nc1nc(/C(=N/O)C(=O)N[C@@H]2C(=O)N3C(C(=O)O)=C(Sc4ccncc4CSC4CCNCC4)CS[C@@H]23)c(Cl)s1. The highest BCUT2D eigenvalue weighted by atomic mass is 35.5. The second-order valence-electron chi connectivity index (χ2n) is 8.91. The molecule has 2 atom stereocenters. The molecule has 0 aromatic carbocycles. The number of carbonyl (C=O) groups is 3. The number of thiazole rings is 1. The lowest BCUT2D eigenvalue weighted by Crippen LogP contribution is -2.71. The maximum atomic E-state index is 13.1. The number of aliphatic carboxylic acids is 1. The lowest BCUT2D eigenvalue weighted by molar-refractivity contribution is -0.150. The van der Waals surface area contributed by atoms with E-state index in [4.69, 9.17) is 17.3 Å². The lowest BCUT2D eigenvalue weighted by Gasteiger charge is -2.49. The number of β-lactam (4-membered cyclic amide) rings is 1. The highest BCUT2D eigenvalue weighted by Crippen LogP contribution is 2.46. The first-order valence-electron chi connectivity index (χ1n) is 12.1. The van der Waals surface area contributed by atoms with Gasteiger partial charge in [-0.2, -0.15) is 11.8 Å². The van der Waals surface area contributed by atoms with Gasteiger partial charge in [-0.1, -0.05) is 39.9 Å². The van der Waals surface area contributed by atoms with Crippen molar-refractivity contribution in [3.05, 3.63) is 44.7 Å². The van der Waals surface area contributed by atoms with Crippen LogP contribution in [0.2, 0.25) is 4.34 Å². The fourth-order valence-electron chi connectivity index (χ4n) is 4.47. The Hall–Kier alpha value is -2.50. The molecule has 0 unspecified atom stereocenters. The first kappa shape index (κ1) is 29.0. The normalized spacial score (nSPS) is 21.7. The van der Waals surface area contributed by atoms with Gasteiger partial charge in [-0.05, 0) is 37.6 Å². The Kier molecular flexibility index (Phi) is 9.11. The van der Waals surface area contributed by atoms with Crippen molar-refractivity contribution in [1.82, 2.24) is 25.5 Å². The Balaban J connectivity index is 1.30. The largest absolute Gasteiger partial charge is 0.477 e. The summed E-state index contributed by atoms with van der Waals surface area (Å²) in [4.78, 5) is 49.1. The summed E-state index contributed by atoms with van der Waals surface area (Å²) in [7, 11) is 0. The Morgan fingerprint density at radius 3 is 2.80 bits per heavy atom. The number of rotatable bonds is 9. The smallest absolute Gasteiger partial charge is 0.353 e. The number of nitrogens with one attached hydrogen (secondary N) is 2. The molecule has 6 N–H and O–H groups in total. The first-order valence-corrected chi connectivity index (χ1v) is 16.2. The van der Waals surface area contributed by atoms with E-state index in [0.717, 1.165) is 53.5 Å². The molecule has 2 saturated heterocycles. The van der Waals surface area contributed by atoms with Crippen molar-refractivity contribution >= 4 is 86.9 Å². The predicted molar refractivity (Wildman–Crippen MR) is 157 cm³/mol. The number of piperidine rings is 1. The fraction of sp³-hybridized carbons (Fsp3) is 0.391.